The molecule has 3 nitrogen and oxygen atoms in total. The number of hydrogen-bond acceptors (Lipinski definition) is 1. The standard InChI is InChI=1S/C10H9NO2Se/c12-10(13)7-3-8-9(11-7)6(4-14-8)5-1-2-5/h3-5,11H,1-2H2,(H,12,13). The molecule has 14 heavy (non-hydrogen) atoms. The third kappa shape index (κ3) is 1.15. The van der Waals surface area contributed by atoms with Crippen LogP contribution in [0.25, 0.3) is 9.78 Å². The van der Waals surface area contributed by atoms with Crippen molar-refractivity contribution in [2.45, 2.75) is 18.8 Å². The number of carbonyl (C=O) groups is 1. The van der Waals surface area contributed by atoms with Gasteiger partial charge in [-0.1, -0.05) is 0 Å². The maximum atomic E-state index is 10.8. The molecule has 4 heteroatoms. The monoisotopic (exact) mass is 255 g/mol. The second-order valence-corrected chi connectivity index (χ2v) is 5.60. The average molecular weight is 254 g/mol. The van der Waals surface area contributed by atoms with Crippen molar-refractivity contribution in [1.82, 2.24) is 4.98 Å². The van der Waals surface area contributed by atoms with E-state index in [1.165, 1.54) is 22.7 Å². The van der Waals surface area contributed by atoms with E-state index in [-0.39, 0.29) is 0 Å². The molecule has 0 saturated heterocycles. The van der Waals surface area contributed by atoms with E-state index in [2.05, 4.69) is 9.92 Å². The van der Waals surface area contributed by atoms with Gasteiger partial charge in [0.15, 0.2) is 0 Å². The van der Waals surface area contributed by atoms with Crippen LogP contribution in [0.15, 0.2) is 11.0 Å². The summed E-state index contributed by atoms with van der Waals surface area (Å²) in [7, 11) is 0. The number of nitrogens with one attached hydrogen (secondary N) is 1. The van der Waals surface area contributed by atoms with Crippen LogP contribution in [0, 0.1) is 0 Å². The Hall–Kier alpha value is -0.991. The molecule has 1 saturated carbocycles. The molecule has 0 bridgehead atoms. The molecule has 72 valence electrons. The first-order chi connectivity index (χ1) is 6.75. The molecule has 2 N–H and O–H groups in total. The van der Waals surface area contributed by atoms with Gasteiger partial charge in [0.2, 0.25) is 0 Å². The zero-order chi connectivity index (χ0) is 9.71. The van der Waals surface area contributed by atoms with Crippen LogP contribution in [0.3, 0.4) is 0 Å². The predicted octanol–water partition coefficient (Wildman–Crippen LogP) is 1.80. The van der Waals surface area contributed by atoms with Crippen molar-refractivity contribution in [3.05, 3.63) is 22.3 Å². The van der Waals surface area contributed by atoms with Crippen molar-refractivity contribution in [1.29, 1.82) is 0 Å². The molecule has 1 fully saturated rings. The van der Waals surface area contributed by atoms with Crippen LogP contribution < -0.4 is 0 Å². The third-order valence-electron chi connectivity index (χ3n) is 2.63. The van der Waals surface area contributed by atoms with Gasteiger partial charge in [-0.15, -0.1) is 0 Å². The van der Waals surface area contributed by atoms with Gasteiger partial charge in [0, 0.05) is 0 Å². The minimum atomic E-state index is -0.856. The van der Waals surface area contributed by atoms with Crippen molar-refractivity contribution >= 4 is 30.2 Å². The number of carboxylic acid groups (broad SMARTS) is 1. The summed E-state index contributed by atoms with van der Waals surface area (Å²) in [4.78, 5) is 16.1. The van der Waals surface area contributed by atoms with E-state index in [0.29, 0.717) is 26.1 Å². The minimum absolute atomic E-state index is 0.336. The van der Waals surface area contributed by atoms with E-state index in [4.69, 9.17) is 5.11 Å². The molecule has 0 amide bonds. The van der Waals surface area contributed by atoms with Crippen molar-refractivity contribution in [2.75, 3.05) is 0 Å². The molecular formula is C10H9NO2Se. The molecule has 2 aromatic rings. The summed E-state index contributed by atoms with van der Waals surface area (Å²) in [5, 5.41) is 8.84. The molecule has 1 aliphatic carbocycles. The Labute approximate surface area is 86.5 Å². The summed E-state index contributed by atoms with van der Waals surface area (Å²) < 4.78 is 1.21. The number of hydrogen-bond donors (Lipinski definition) is 2. The number of H-pyrrole nitrogens is 1. The zero-order valence-electron chi connectivity index (χ0n) is 7.41. The Morgan fingerprint density at radius 1 is 1.57 bits per heavy atom. The maximum absolute atomic E-state index is 10.8. The summed E-state index contributed by atoms with van der Waals surface area (Å²) in [6, 6.07) is 1.78. The van der Waals surface area contributed by atoms with Crippen molar-refractivity contribution in [3.8, 4) is 0 Å². The fourth-order valence-corrected chi connectivity index (χ4v) is 3.91. The van der Waals surface area contributed by atoms with Gasteiger partial charge >= 0.3 is 86.2 Å². The van der Waals surface area contributed by atoms with Crippen LogP contribution in [0.1, 0.15) is 34.8 Å². The molecule has 0 aromatic carbocycles. The molecule has 2 aromatic heterocycles. The molecule has 0 atom stereocenters. The van der Waals surface area contributed by atoms with E-state index in [1.807, 2.05) is 0 Å². The predicted molar refractivity (Wildman–Crippen MR) is 54.2 cm³/mol. The molecule has 2 heterocycles. The van der Waals surface area contributed by atoms with Crippen molar-refractivity contribution in [3.63, 3.8) is 0 Å². The Morgan fingerprint density at radius 2 is 2.36 bits per heavy atom. The van der Waals surface area contributed by atoms with Crippen LogP contribution in [-0.2, 0) is 0 Å². The summed E-state index contributed by atoms with van der Waals surface area (Å²) in [5.74, 6) is -0.149. The van der Waals surface area contributed by atoms with Crippen LogP contribution in [0.5, 0.6) is 0 Å². The second-order valence-electron chi connectivity index (χ2n) is 3.69. The number of aromatic carboxylic acids is 1. The molecule has 0 spiro atoms. The number of aromatic amines is 1. The summed E-state index contributed by atoms with van der Waals surface area (Å²) in [5.41, 5.74) is 2.81. The van der Waals surface area contributed by atoms with E-state index in [1.54, 1.807) is 6.07 Å². The summed E-state index contributed by atoms with van der Waals surface area (Å²) >= 11 is 0.345. The van der Waals surface area contributed by atoms with Gasteiger partial charge in [-0.2, -0.15) is 0 Å². The first-order valence-corrected chi connectivity index (χ1v) is 6.43. The summed E-state index contributed by atoms with van der Waals surface area (Å²) in [6.45, 7) is 0. The van der Waals surface area contributed by atoms with Crippen LogP contribution in [0.2, 0.25) is 0 Å². The topological polar surface area (TPSA) is 53.1 Å². The Morgan fingerprint density at radius 3 is 3.00 bits per heavy atom. The molecule has 0 radical (unpaired) electrons. The first kappa shape index (κ1) is 8.33. The van der Waals surface area contributed by atoms with Gasteiger partial charge in [-0.05, 0) is 0 Å². The van der Waals surface area contributed by atoms with Gasteiger partial charge in [0.05, 0.1) is 0 Å². The number of fused-ring (bicyclic) bond motifs is 1. The SMILES string of the molecule is O=C(O)c1cc2[se]cc(C3CC3)c2[nH]1. The molecule has 0 aliphatic heterocycles. The third-order valence-corrected chi connectivity index (χ3v) is 4.62. The zero-order valence-corrected chi connectivity index (χ0v) is 9.12. The first-order valence-electron chi connectivity index (χ1n) is 4.59. The number of carboxylic acids is 1. The number of aromatic nitrogens is 1. The fourth-order valence-electron chi connectivity index (χ4n) is 1.74. The molecule has 1 aliphatic rings. The van der Waals surface area contributed by atoms with Gasteiger partial charge in [-0.3, -0.25) is 0 Å². The van der Waals surface area contributed by atoms with E-state index >= 15 is 0 Å². The average Bonchev–Trinajstić information content (AvgIpc) is 2.77. The van der Waals surface area contributed by atoms with Crippen LogP contribution in [-0.4, -0.2) is 30.6 Å². The normalized spacial score (nSPS) is 16.3. The van der Waals surface area contributed by atoms with Crippen LogP contribution in [0.4, 0.5) is 0 Å². The van der Waals surface area contributed by atoms with Gasteiger partial charge in [0.1, 0.15) is 0 Å². The van der Waals surface area contributed by atoms with E-state index in [0.717, 1.165) is 5.52 Å². The quantitative estimate of drug-likeness (QED) is 0.803. The van der Waals surface area contributed by atoms with Gasteiger partial charge < -0.3 is 0 Å². The molecular weight excluding hydrogens is 245 g/mol. The summed E-state index contributed by atoms with van der Waals surface area (Å²) in [6.07, 6.45) is 2.53. The molecule has 0 unspecified atom stereocenters. The van der Waals surface area contributed by atoms with Crippen molar-refractivity contribution < 1.29 is 9.90 Å². The molecule has 3 rings (SSSR count). The Balaban J connectivity index is 2.18. The number of rotatable bonds is 2. The Bertz CT molecular complexity index is 507. The van der Waals surface area contributed by atoms with Crippen LogP contribution >= 0.6 is 0 Å². The Kier molecular flexibility index (Phi) is 1.64. The van der Waals surface area contributed by atoms with Gasteiger partial charge in [0.25, 0.3) is 0 Å². The van der Waals surface area contributed by atoms with E-state index in [9.17, 15) is 4.79 Å². The van der Waals surface area contributed by atoms with E-state index < -0.39 is 5.97 Å². The second kappa shape index (κ2) is 2.75. The van der Waals surface area contributed by atoms with Gasteiger partial charge in [-0.25, -0.2) is 0 Å². The fraction of sp³-hybridized carbons (Fsp3) is 0.300. The van der Waals surface area contributed by atoms with Crippen molar-refractivity contribution in [2.24, 2.45) is 0 Å².